The van der Waals surface area contributed by atoms with E-state index in [1.165, 1.54) is 25.5 Å². The van der Waals surface area contributed by atoms with Gasteiger partial charge in [0, 0.05) is 54.6 Å². The van der Waals surface area contributed by atoms with E-state index in [9.17, 15) is 13.6 Å². The lowest BCUT2D eigenvalue weighted by Gasteiger charge is -2.28. The Bertz CT molecular complexity index is 1270. The third-order valence-corrected chi connectivity index (χ3v) is 5.76. The summed E-state index contributed by atoms with van der Waals surface area (Å²) in [6, 6.07) is 7.97. The van der Waals surface area contributed by atoms with Crippen molar-refractivity contribution in [1.82, 2.24) is 10.2 Å². The Hall–Kier alpha value is -3.91. The molecule has 0 aliphatic carbocycles. The molecule has 2 aliphatic rings. The zero-order valence-corrected chi connectivity index (χ0v) is 18.3. The van der Waals surface area contributed by atoms with Crippen LogP contribution in [0, 0.1) is 17.0 Å². The minimum atomic E-state index is -0.844. The summed E-state index contributed by atoms with van der Waals surface area (Å²) in [4.78, 5) is 16.0. The van der Waals surface area contributed by atoms with Crippen LogP contribution in [0.4, 0.5) is 14.5 Å². The monoisotopic (exact) mass is 467 g/mol. The number of carbonyl (C=O) groups excluding carboxylic acids is 1. The minimum Gasteiger partial charge on any atom is -0.404 e. The van der Waals surface area contributed by atoms with Crippen molar-refractivity contribution in [3.8, 4) is 0 Å². The van der Waals surface area contributed by atoms with Crippen molar-refractivity contribution in [3.63, 3.8) is 0 Å². The van der Waals surface area contributed by atoms with Crippen molar-refractivity contribution in [2.75, 3.05) is 11.9 Å². The number of benzene rings is 2. The number of nitrogens with one attached hydrogen (secondary N) is 2. The van der Waals surface area contributed by atoms with Gasteiger partial charge >= 0.3 is 0 Å². The molecule has 2 aliphatic heterocycles. The molecule has 2 aromatic rings. The summed E-state index contributed by atoms with van der Waals surface area (Å²) in [7, 11) is 1.40. The van der Waals surface area contributed by atoms with E-state index in [0.717, 1.165) is 33.9 Å². The van der Waals surface area contributed by atoms with Crippen LogP contribution in [0.2, 0.25) is 5.02 Å². The van der Waals surface area contributed by atoms with Crippen LogP contribution < -0.4 is 16.0 Å². The molecule has 0 saturated carbocycles. The number of rotatable bonds is 5. The average Bonchev–Trinajstić information content (AvgIpc) is 3.22. The second-order valence-corrected chi connectivity index (χ2v) is 7.82. The zero-order valence-electron chi connectivity index (χ0n) is 17.5. The van der Waals surface area contributed by atoms with E-state index in [-0.39, 0.29) is 22.4 Å². The van der Waals surface area contributed by atoms with Crippen molar-refractivity contribution in [2.24, 2.45) is 5.73 Å². The fourth-order valence-corrected chi connectivity index (χ4v) is 3.94. The van der Waals surface area contributed by atoms with E-state index in [1.54, 1.807) is 18.2 Å². The van der Waals surface area contributed by atoms with Crippen molar-refractivity contribution in [2.45, 2.75) is 6.17 Å². The van der Waals surface area contributed by atoms with Crippen LogP contribution in [0.3, 0.4) is 0 Å². The highest BCUT2D eigenvalue weighted by atomic mass is 35.5. The topological polar surface area (TPSA) is 85.5 Å². The molecule has 1 amide bonds. The van der Waals surface area contributed by atoms with E-state index in [1.807, 2.05) is 29.5 Å². The number of hydrogen-bond donors (Lipinski definition) is 3. The van der Waals surface area contributed by atoms with Gasteiger partial charge in [0.25, 0.3) is 5.91 Å². The normalized spacial score (nSPS) is 17.2. The molecule has 0 bridgehead atoms. The molecule has 0 fully saturated rings. The maximum absolute atomic E-state index is 14.1. The molecule has 4 rings (SSSR count). The molecule has 6 nitrogen and oxygen atoms in total. The molecule has 2 aromatic carbocycles. The Morgan fingerprint density at radius 3 is 2.73 bits per heavy atom. The smallest absolute Gasteiger partial charge is 0.259 e. The Morgan fingerprint density at radius 2 is 2.06 bits per heavy atom. The second kappa shape index (κ2) is 8.91. The van der Waals surface area contributed by atoms with Gasteiger partial charge in [0.15, 0.2) is 0 Å². The molecule has 9 heteroatoms. The third-order valence-electron chi connectivity index (χ3n) is 5.44. The van der Waals surface area contributed by atoms with Crippen LogP contribution in [0.1, 0.15) is 15.9 Å². The Labute approximate surface area is 194 Å². The summed E-state index contributed by atoms with van der Waals surface area (Å²) < 4.78 is 27.3. The largest absolute Gasteiger partial charge is 0.404 e. The first-order valence-electron chi connectivity index (χ1n) is 9.94. The second-order valence-electron chi connectivity index (χ2n) is 7.41. The first-order chi connectivity index (χ1) is 15.8. The molecular formula is C24H20ClF2N5O. The first-order valence-corrected chi connectivity index (χ1v) is 10.3. The number of carbonyl (C=O) groups is 1. The van der Waals surface area contributed by atoms with Gasteiger partial charge in [-0.25, -0.2) is 8.78 Å². The number of nitrogens with two attached hydrogens (primary N) is 1. The number of hydrogen-bond acceptors (Lipinski definition) is 5. The number of nitrogens with zero attached hydrogens (tertiary/aromatic N) is 2. The lowest BCUT2D eigenvalue weighted by molar-refractivity contribution is 0.0992. The predicted molar refractivity (Wildman–Crippen MR) is 126 cm³/mol. The summed E-state index contributed by atoms with van der Waals surface area (Å²) in [6.07, 6.45) is 9.97. The van der Waals surface area contributed by atoms with Crippen LogP contribution in [-0.4, -0.2) is 30.2 Å². The van der Waals surface area contributed by atoms with E-state index in [2.05, 4.69) is 5.32 Å². The van der Waals surface area contributed by atoms with Crippen LogP contribution in [0.5, 0.6) is 0 Å². The van der Waals surface area contributed by atoms with Gasteiger partial charge in [-0.15, -0.1) is 0 Å². The average molecular weight is 468 g/mol. The maximum Gasteiger partial charge on any atom is 0.259 e. The van der Waals surface area contributed by atoms with E-state index in [0.29, 0.717) is 5.57 Å². The van der Waals surface area contributed by atoms with Crippen molar-refractivity contribution in [1.29, 1.82) is 5.41 Å². The number of amides is 1. The lowest BCUT2D eigenvalue weighted by Crippen LogP contribution is -2.33. The zero-order chi connectivity index (χ0) is 23.7. The van der Waals surface area contributed by atoms with E-state index < -0.39 is 17.5 Å². The third kappa shape index (κ3) is 4.12. The van der Waals surface area contributed by atoms with Gasteiger partial charge in [-0.1, -0.05) is 23.7 Å². The van der Waals surface area contributed by atoms with E-state index >= 15 is 0 Å². The molecule has 0 aromatic heterocycles. The van der Waals surface area contributed by atoms with Gasteiger partial charge in [-0.3, -0.25) is 4.79 Å². The first kappa shape index (κ1) is 22.3. The maximum atomic E-state index is 14.1. The Balaban J connectivity index is 1.61. The number of anilines is 1. The van der Waals surface area contributed by atoms with Gasteiger partial charge in [0.05, 0.1) is 22.0 Å². The van der Waals surface area contributed by atoms with Crippen LogP contribution in [-0.2, 0) is 0 Å². The van der Waals surface area contributed by atoms with Gasteiger partial charge in [-0.2, -0.15) is 0 Å². The fourth-order valence-electron chi connectivity index (χ4n) is 3.68. The molecule has 1 unspecified atom stereocenters. The fraction of sp³-hybridized carbons (Fsp3) is 0.0833. The summed E-state index contributed by atoms with van der Waals surface area (Å²) in [5, 5.41) is 11.0. The molecule has 2 heterocycles. The van der Waals surface area contributed by atoms with Gasteiger partial charge in [0.1, 0.15) is 17.8 Å². The summed E-state index contributed by atoms with van der Waals surface area (Å²) in [6.45, 7) is 0. The molecule has 168 valence electrons. The van der Waals surface area contributed by atoms with Gasteiger partial charge in [0.2, 0.25) is 0 Å². The highest BCUT2D eigenvalue weighted by Crippen LogP contribution is 2.33. The Kier molecular flexibility index (Phi) is 6.02. The molecule has 33 heavy (non-hydrogen) atoms. The number of halogens is 3. The van der Waals surface area contributed by atoms with Gasteiger partial charge in [-0.05, 0) is 30.3 Å². The van der Waals surface area contributed by atoms with E-state index in [4.69, 9.17) is 22.7 Å². The lowest BCUT2D eigenvalue weighted by atomic mass is 10.0. The Morgan fingerprint density at radius 1 is 1.27 bits per heavy atom. The molecule has 0 saturated heterocycles. The minimum absolute atomic E-state index is 0.0557. The molecule has 1 atom stereocenters. The van der Waals surface area contributed by atoms with Gasteiger partial charge < -0.3 is 26.3 Å². The van der Waals surface area contributed by atoms with Crippen molar-refractivity contribution in [3.05, 3.63) is 106 Å². The number of allylic oxidation sites excluding steroid dienone is 3. The summed E-state index contributed by atoms with van der Waals surface area (Å²) in [5.41, 5.74) is 8.65. The number of fused-ring (bicyclic) bond motifs is 1. The van der Waals surface area contributed by atoms with Crippen LogP contribution in [0.15, 0.2) is 78.3 Å². The predicted octanol–water partition coefficient (Wildman–Crippen LogP) is 4.37. The molecular weight excluding hydrogens is 448 g/mol. The highest BCUT2D eigenvalue weighted by Gasteiger charge is 2.27. The van der Waals surface area contributed by atoms with Crippen LogP contribution >= 0.6 is 11.6 Å². The molecule has 0 spiro atoms. The van der Waals surface area contributed by atoms with Crippen molar-refractivity contribution >= 4 is 35.1 Å². The summed E-state index contributed by atoms with van der Waals surface area (Å²) >= 11 is 6.45. The standard InChI is InChI=1S/C24H20ClF2N5O/c1-31(21-6-4-17(26)9-20(21)27)24(33)18-5-2-14(8-19(18)25)22-12-30-23-7-3-15(13-32(22)23)16(10-28)11-29/h2-13,23,28,30H,29H2,1H3/b16-11+,28-10?. The quantitative estimate of drug-likeness (QED) is 0.570. The van der Waals surface area contributed by atoms with Crippen LogP contribution in [0.25, 0.3) is 5.70 Å². The summed E-state index contributed by atoms with van der Waals surface area (Å²) in [5.74, 6) is -2.10. The SMILES string of the molecule is CN(C(=O)c1ccc(C2=CNC3C=CC(/C(C=N)=C/N)=CN23)cc1Cl)c1ccc(F)cc1F. The highest BCUT2D eigenvalue weighted by molar-refractivity contribution is 6.34. The molecule has 4 N–H and O–H groups in total. The molecule has 0 radical (unpaired) electrons. The van der Waals surface area contributed by atoms with Crippen molar-refractivity contribution < 1.29 is 13.6 Å².